The lowest BCUT2D eigenvalue weighted by molar-refractivity contribution is 0.643. The number of para-hydroxylation sites is 2. The smallest absolute Gasteiger partial charge is 0.280 e. The van der Waals surface area contributed by atoms with E-state index in [1.807, 2.05) is 67.6 Å². The fourth-order valence-electron chi connectivity index (χ4n) is 3.42. The molecule has 1 heterocycles. The highest BCUT2D eigenvalue weighted by molar-refractivity contribution is 6.01. The van der Waals surface area contributed by atoms with E-state index in [1.165, 1.54) is 19.3 Å². The number of nitrogens with zero attached hydrogens (tertiary/aromatic N) is 2. The molecule has 0 aliphatic carbocycles. The van der Waals surface area contributed by atoms with Crippen LogP contribution in [0.1, 0.15) is 56.7 Å². The summed E-state index contributed by atoms with van der Waals surface area (Å²) >= 11 is 0. The van der Waals surface area contributed by atoms with Crippen molar-refractivity contribution < 1.29 is 0 Å². The molecule has 2 N–H and O–H groups in total. The molecule has 0 saturated heterocycles. The van der Waals surface area contributed by atoms with Crippen LogP contribution in [0.25, 0.3) is 5.69 Å². The summed E-state index contributed by atoms with van der Waals surface area (Å²) in [5.74, 6) is 0. The van der Waals surface area contributed by atoms with Gasteiger partial charge in [-0.25, -0.2) is 4.68 Å². The number of anilines is 1. The number of unbranched alkanes of at least 4 members (excludes halogenated alkanes) is 4. The topological polar surface area (TPSA) is 62.2 Å². The Balaban J connectivity index is 1.88. The van der Waals surface area contributed by atoms with Crippen molar-refractivity contribution in [2.45, 2.75) is 52.4 Å². The Kier molecular flexibility index (Phi) is 7.45. The SMILES string of the molecule is CCCCCCC/C(=N\Nc1ccccc1)c1c(C)[nH]n(-c2ccccc2)c1=O. The van der Waals surface area contributed by atoms with Crippen LogP contribution in [-0.2, 0) is 0 Å². The Hall–Kier alpha value is -3.08. The van der Waals surface area contributed by atoms with E-state index in [1.54, 1.807) is 4.68 Å². The first-order valence-electron chi connectivity index (χ1n) is 10.5. The van der Waals surface area contributed by atoms with Crippen molar-refractivity contribution in [3.05, 3.63) is 82.3 Å². The molecule has 0 bridgehead atoms. The monoisotopic (exact) mass is 390 g/mol. The molecule has 1 aromatic heterocycles. The molecule has 0 aliphatic heterocycles. The van der Waals surface area contributed by atoms with Crippen LogP contribution in [0.2, 0.25) is 0 Å². The van der Waals surface area contributed by atoms with Crippen LogP contribution in [0.4, 0.5) is 5.69 Å². The van der Waals surface area contributed by atoms with Gasteiger partial charge in [-0.1, -0.05) is 69.0 Å². The zero-order chi connectivity index (χ0) is 20.5. The number of aryl methyl sites for hydroxylation is 1. The number of aromatic nitrogens is 2. The van der Waals surface area contributed by atoms with Crippen molar-refractivity contribution in [1.82, 2.24) is 9.78 Å². The number of hydrogen-bond donors (Lipinski definition) is 2. The Morgan fingerprint density at radius 2 is 1.62 bits per heavy atom. The van der Waals surface area contributed by atoms with Crippen LogP contribution < -0.4 is 11.0 Å². The molecule has 0 aliphatic rings. The molecule has 0 fully saturated rings. The van der Waals surface area contributed by atoms with Crippen LogP contribution in [0.5, 0.6) is 0 Å². The number of hydrogen-bond acceptors (Lipinski definition) is 3. The van der Waals surface area contributed by atoms with Crippen molar-refractivity contribution in [3.63, 3.8) is 0 Å². The molecular formula is C24H30N4O. The molecule has 3 aromatic rings. The largest absolute Gasteiger partial charge is 0.295 e. The van der Waals surface area contributed by atoms with Gasteiger partial charge in [0.2, 0.25) is 0 Å². The highest BCUT2D eigenvalue weighted by atomic mass is 16.1. The number of H-pyrrole nitrogens is 1. The predicted octanol–water partition coefficient (Wildman–Crippen LogP) is 5.65. The lowest BCUT2D eigenvalue weighted by Gasteiger charge is -2.07. The van der Waals surface area contributed by atoms with E-state index >= 15 is 0 Å². The van der Waals surface area contributed by atoms with Gasteiger partial charge in [-0.15, -0.1) is 0 Å². The van der Waals surface area contributed by atoms with Crippen LogP contribution in [0.3, 0.4) is 0 Å². The summed E-state index contributed by atoms with van der Waals surface area (Å²) in [6, 6.07) is 19.5. The first kappa shape index (κ1) is 20.6. The van der Waals surface area contributed by atoms with Crippen LogP contribution >= 0.6 is 0 Å². The normalized spacial score (nSPS) is 11.6. The fourth-order valence-corrected chi connectivity index (χ4v) is 3.42. The van der Waals surface area contributed by atoms with E-state index in [0.29, 0.717) is 5.56 Å². The minimum Gasteiger partial charge on any atom is -0.295 e. The molecule has 0 unspecified atom stereocenters. The van der Waals surface area contributed by atoms with Gasteiger partial charge in [-0.2, -0.15) is 5.10 Å². The van der Waals surface area contributed by atoms with E-state index in [-0.39, 0.29) is 5.56 Å². The van der Waals surface area contributed by atoms with Crippen LogP contribution in [0, 0.1) is 6.92 Å². The average molecular weight is 391 g/mol. The Morgan fingerprint density at radius 1 is 0.966 bits per heavy atom. The van der Waals surface area contributed by atoms with E-state index in [2.05, 4.69) is 22.5 Å². The van der Waals surface area contributed by atoms with Gasteiger partial charge in [0.15, 0.2) is 0 Å². The number of hydrazone groups is 1. The number of rotatable bonds is 10. The van der Waals surface area contributed by atoms with Gasteiger partial charge < -0.3 is 0 Å². The number of nitrogens with one attached hydrogen (secondary N) is 2. The van der Waals surface area contributed by atoms with E-state index < -0.39 is 0 Å². The third-order valence-corrected chi connectivity index (χ3v) is 4.99. The maximum absolute atomic E-state index is 13.2. The van der Waals surface area contributed by atoms with E-state index in [4.69, 9.17) is 0 Å². The Labute approximate surface area is 172 Å². The van der Waals surface area contributed by atoms with Gasteiger partial charge in [-0.3, -0.25) is 15.3 Å². The third kappa shape index (κ3) is 5.47. The molecule has 0 saturated carbocycles. The highest BCUT2D eigenvalue weighted by Gasteiger charge is 2.18. The third-order valence-electron chi connectivity index (χ3n) is 4.99. The molecule has 2 aromatic carbocycles. The summed E-state index contributed by atoms with van der Waals surface area (Å²) in [6.07, 6.45) is 6.62. The van der Waals surface area contributed by atoms with Crippen molar-refractivity contribution in [3.8, 4) is 5.69 Å². The first-order valence-corrected chi connectivity index (χ1v) is 10.5. The maximum Gasteiger partial charge on any atom is 0.280 e. The van der Waals surface area contributed by atoms with E-state index in [0.717, 1.165) is 42.0 Å². The summed E-state index contributed by atoms with van der Waals surface area (Å²) in [4.78, 5) is 13.2. The quantitative estimate of drug-likeness (QED) is 0.267. The molecule has 0 spiro atoms. The molecule has 0 amide bonds. The second-order valence-electron chi connectivity index (χ2n) is 7.29. The molecule has 5 heteroatoms. The first-order chi connectivity index (χ1) is 14.2. The second kappa shape index (κ2) is 10.5. The van der Waals surface area contributed by atoms with Gasteiger partial charge in [-0.05, 0) is 44.0 Å². The zero-order valence-electron chi connectivity index (χ0n) is 17.3. The number of aromatic amines is 1. The number of benzene rings is 2. The average Bonchev–Trinajstić information content (AvgIpc) is 3.05. The predicted molar refractivity (Wildman–Crippen MR) is 121 cm³/mol. The molecule has 0 atom stereocenters. The van der Waals surface area contributed by atoms with Gasteiger partial charge in [0, 0.05) is 5.69 Å². The molecule has 5 nitrogen and oxygen atoms in total. The zero-order valence-corrected chi connectivity index (χ0v) is 17.3. The lowest BCUT2D eigenvalue weighted by atomic mass is 10.0. The lowest BCUT2D eigenvalue weighted by Crippen LogP contribution is -2.21. The minimum absolute atomic E-state index is 0.0594. The van der Waals surface area contributed by atoms with Crippen LogP contribution in [-0.4, -0.2) is 15.5 Å². The molecule has 29 heavy (non-hydrogen) atoms. The van der Waals surface area contributed by atoms with Gasteiger partial charge in [0.05, 0.1) is 22.6 Å². The van der Waals surface area contributed by atoms with Crippen molar-refractivity contribution in [1.29, 1.82) is 0 Å². The summed E-state index contributed by atoms with van der Waals surface area (Å²) in [5.41, 5.74) is 7.10. The van der Waals surface area contributed by atoms with Crippen LogP contribution in [0.15, 0.2) is 70.6 Å². The van der Waals surface area contributed by atoms with Gasteiger partial charge >= 0.3 is 0 Å². The molecule has 0 radical (unpaired) electrons. The maximum atomic E-state index is 13.2. The molecule has 3 rings (SSSR count). The Morgan fingerprint density at radius 3 is 2.31 bits per heavy atom. The molecule has 152 valence electrons. The van der Waals surface area contributed by atoms with Crippen molar-refractivity contribution in [2.24, 2.45) is 5.10 Å². The highest BCUT2D eigenvalue weighted by Crippen LogP contribution is 2.14. The summed E-state index contributed by atoms with van der Waals surface area (Å²) in [6.45, 7) is 4.15. The Bertz CT molecular complexity index is 971. The van der Waals surface area contributed by atoms with Crippen molar-refractivity contribution in [2.75, 3.05) is 5.43 Å². The fraction of sp³-hybridized carbons (Fsp3) is 0.333. The summed E-state index contributed by atoms with van der Waals surface area (Å²) in [7, 11) is 0. The van der Waals surface area contributed by atoms with E-state index in [9.17, 15) is 4.79 Å². The van der Waals surface area contributed by atoms with Crippen molar-refractivity contribution >= 4 is 11.4 Å². The minimum atomic E-state index is -0.0594. The molecular weight excluding hydrogens is 360 g/mol. The standard InChI is InChI=1S/C24H30N4O/c1-3-4-5-6-13-18-22(26-25-20-14-9-7-10-15-20)23-19(2)27-28(24(23)29)21-16-11-8-12-17-21/h7-12,14-17,25,27H,3-6,13,18H2,1-2H3/b26-22+. The summed E-state index contributed by atoms with van der Waals surface area (Å²) < 4.78 is 1.60. The van der Waals surface area contributed by atoms with Gasteiger partial charge in [0.1, 0.15) is 0 Å². The summed E-state index contributed by atoms with van der Waals surface area (Å²) in [5, 5.41) is 7.86. The van der Waals surface area contributed by atoms with Gasteiger partial charge in [0.25, 0.3) is 5.56 Å². The second-order valence-corrected chi connectivity index (χ2v) is 7.29.